The summed E-state index contributed by atoms with van der Waals surface area (Å²) in [6.07, 6.45) is 1.41. The maximum Gasteiger partial charge on any atom is 0.259 e. The van der Waals surface area contributed by atoms with E-state index in [2.05, 4.69) is 21.2 Å². The monoisotopic (exact) mass is 418 g/mol. The number of carbonyl (C=O) groups is 2. The minimum Gasteiger partial charge on any atom is -0.497 e. The molecule has 1 N–H and O–H groups in total. The highest BCUT2D eigenvalue weighted by Gasteiger charge is 2.22. The van der Waals surface area contributed by atoms with Gasteiger partial charge >= 0.3 is 0 Å². The van der Waals surface area contributed by atoms with Crippen molar-refractivity contribution >= 4 is 39.1 Å². The van der Waals surface area contributed by atoms with E-state index in [-0.39, 0.29) is 11.8 Å². The summed E-state index contributed by atoms with van der Waals surface area (Å²) in [6, 6.07) is 10.6. The summed E-state index contributed by atoms with van der Waals surface area (Å²) >= 11 is 3.39. The summed E-state index contributed by atoms with van der Waals surface area (Å²) < 4.78 is 11.2. The molecular formula is C19H19BrN2O4. The smallest absolute Gasteiger partial charge is 0.259 e. The third kappa shape index (κ3) is 3.67. The minimum absolute atomic E-state index is 0.104. The van der Waals surface area contributed by atoms with Crippen molar-refractivity contribution in [1.82, 2.24) is 0 Å². The van der Waals surface area contributed by atoms with Crippen LogP contribution in [0.4, 0.5) is 11.4 Å². The van der Waals surface area contributed by atoms with E-state index < -0.39 is 0 Å². The van der Waals surface area contributed by atoms with E-state index in [0.717, 1.165) is 12.1 Å². The first kappa shape index (κ1) is 18.3. The molecule has 7 heteroatoms. The number of rotatable bonds is 5. The molecular weight excluding hydrogens is 400 g/mol. The van der Waals surface area contributed by atoms with Gasteiger partial charge in [-0.2, -0.15) is 0 Å². The third-order valence-electron chi connectivity index (χ3n) is 4.19. The Kier molecular flexibility index (Phi) is 5.46. The Labute approximate surface area is 160 Å². The largest absolute Gasteiger partial charge is 0.497 e. The summed E-state index contributed by atoms with van der Waals surface area (Å²) in [4.78, 5) is 26.4. The molecule has 0 unspecified atom stereocenters. The lowest BCUT2D eigenvalue weighted by atomic mass is 10.1. The van der Waals surface area contributed by atoms with Crippen LogP contribution in [0.5, 0.6) is 11.5 Å². The van der Waals surface area contributed by atoms with Crippen LogP contribution in [0.1, 0.15) is 23.2 Å². The van der Waals surface area contributed by atoms with Crippen LogP contribution in [0.3, 0.4) is 0 Å². The number of anilines is 2. The van der Waals surface area contributed by atoms with Gasteiger partial charge in [-0.1, -0.05) is 6.07 Å². The SMILES string of the molecule is COc1cc(Br)c(OC)c(C(=O)Nc2cccc(N3CCCC3=O)c2)c1. The number of hydrogen-bond donors (Lipinski definition) is 1. The second kappa shape index (κ2) is 7.78. The van der Waals surface area contributed by atoms with Crippen LogP contribution in [0.25, 0.3) is 0 Å². The molecule has 136 valence electrons. The van der Waals surface area contributed by atoms with Gasteiger partial charge in [-0.05, 0) is 52.7 Å². The van der Waals surface area contributed by atoms with Crippen LogP contribution < -0.4 is 19.7 Å². The molecule has 1 aliphatic rings. The molecule has 1 saturated heterocycles. The Morgan fingerprint density at radius 3 is 2.65 bits per heavy atom. The fraction of sp³-hybridized carbons (Fsp3) is 0.263. The third-order valence-corrected chi connectivity index (χ3v) is 4.78. The Morgan fingerprint density at radius 2 is 2.00 bits per heavy atom. The lowest BCUT2D eigenvalue weighted by Gasteiger charge is -2.17. The van der Waals surface area contributed by atoms with Crippen molar-refractivity contribution in [2.24, 2.45) is 0 Å². The maximum atomic E-state index is 12.8. The van der Waals surface area contributed by atoms with Gasteiger partial charge in [0.1, 0.15) is 11.5 Å². The van der Waals surface area contributed by atoms with Gasteiger partial charge in [0.05, 0.1) is 24.3 Å². The van der Waals surface area contributed by atoms with E-state index >= 15 is 0 Å². The minimum atomic E-state index is -0.327. The van der Waals surface area contributed by atoms with Gasteiger partial charge in [-0.3, -0.25) is 9.59 Å². The van der Waals surface area contributed by atoms with Gasteiger partial charge in [-0.15, -0.1) is 0 Å². The number of halogens is 1. The van der Waals surface area contributed by atoms with Gasteiger partial charge in [-0.25, -0.2) is 0 Å². The maximum absolute atomic E-state index is 12.8. The molecule has 3 rings (SSSR count). The topological polar surface area (TPSA) is 67.9 Å². The van der Waals surface area contributed by atoms with Gasteiger partial charge in [0.2, 0.25) is 5.91 Å². The molecule has 0 saturated carbocycles. The van der Waals surface area contributed by atoms with Crippen LogP contribution in [0, 0.1) is 0 Å². The Bertz CT molecular complexity index is 853. The Balaban J connectivity index is 1.87. The molecule has 0 bridgehead atoms. The van der Waals surface area contributed by atoms with Gasteiger partial charge in [0, 0.05) is 24.3 Å². The number of benzene rings is 2. The van der Waals surface area contributed by atoms with E-state index in [1.807, 2.05) is 12.1 Å². The zero-order valence-electron chi connectivity index (χ0n) is 14.5. The summed E-state index contributed by atoms with van der Waals surface area (Å²) in [7, 11) is 3.04. The van der Waals surface area contributed by atoms with Gasteiger partial charge < -0.3 is 19.7 Å². The van der Waals surface area contributed by atoms with Gasteiger partial charge in [0.15, 0.2) is 0 Å². The fourth-order valence-corrected chi connectivity index (χ4v) is 3.53. The first-order chi connectivity index (χ1) is 12.5. The molecule has 1 heterocycles. The van der Waals surface area contributed by atoms with E-state index in [9.17, 15) is 9.59 Å². The van der Waals surface area contributed by atoms with Crippen LogP contribution in [0.2, 0.25) is 0 Å². The number of ether oxygens (including phenoxy) is 2. The molecule has 1 aliphatic heterocycles. The molecule has 0 atom stereocenters. The average Bonchev–Trinajstić information content (AvgIpc) is 3.07. The summed E-state index contributed by atoms with van der Waals surface area (Å²) in [5, 5.41) is 2.86. The molecule has 2 amide bonds. The fourth-order valence-electron chi connectivity index (χ4n) is 2.93. The number of carbonyl (C=O) groups excluding carboxylic acids is 2. The molecule has 2 aromatic rings. The van der Waals surface area contributed by atoms with Crippen molar-refractivity contribution in [3.05, 3.63) is 46.4 Å². The van der Waals surface area contributed by atoms with Crippen molar-refractivity contribution in [3.63, 3.8) is 0 Å². The molecule has 1 fully saturated rings. The predicted octanol–water partition coefficient (Wildman–Crippen LogP) is 3.85. The number of amides is 2. The Hall–Kier alpha value is -2.54. The molecule has 0 aromatic heterocycles. The lowest BCUT2D eigenvalue weighted by Crippen LogP contribution is -2.23. The van der Waals surface area contributed by atoms with E-state index in [4.69, 9.17) is 9.47 Å². The first-order valence-electron chi connectivity index (χ1n) is 8.17. The molecule has 2 aromatic carbocycles. The summed E-state index contributed by atoms with van der Waals surface area (Å²) in [5.41, 5.74) is 1.73. The Morgan fingerprint density at radius 1 is 1.19 bits per heavy atom. The zero-order valence-corrected chi connectivity index (χ0v) is 16.1. The molecule has 0 spiro atoms. The standard InChI is InChI=1S/C19H19BrN2O4/c1-25-14-10-15(18(26-2)16(20)11-14)19(24)21-12-5-3-6-13(9-12)22-8-4-7-17(22)23/h3,5-6,9-11H,4,7-8H2,1-2H3,(H,21,24). The van der Waals surface area contributed by atoms with Crippen LogP contribution in [-0.4, -0.2) is 32.6 Å². The quantitative estimate of drug-likeness (QED) is 0.800. The van der Waals surface area contributed by atoms with Crippen molar-refractivity contribution < 1.29 is 19.1 Å². The molecule has 0 aliphatic carbocycles. The van der Waals surface area contributed by atoms with Crippen LogP contribution in [0.15, 0.2) is 40.9 Å². The second-order valence-electron chi connectivity index (χ2n) is 5.84. The number of nitrogens with zero attached hydrogens (tertiary/aromatic N) is 1. The number of nitrogens with one attached hydrogen (secondary N) is 1. The molecule has 0 radical (unpaired) electrons. The molecule has 6 nitrogen and oxygen atoms in total. The highest BCUT2D eigenvalue weighted by Crippen LogP contribution is 2.34. The van der Waals surface area contributed by atoms with E-state index in [1.165, 1.54) is 14.2 Å². The van der Waals surface area contributed by atoms with Crippen molar-refractivity contribution in [1.29, 1.82) is 0 Å². The van der Waals surface area contributed by atoms with Crippen LogP contribution in [-0.2, 0) is 4.79 Å². The van der Waals surface area contributed by atoms with Crippen molar-refractivity contribution in [2.45, 2.75) is 12.8 Å². The highest BCUT2D eigenvalue weighted by molar-refractivity contribution is 9.10. The second-order valence-corrected chi connectivity index (χ2v) is 6.70. The van der Waals surface area contributed by atoms with Crippen molar-refractivity contribution in [2.75, 3.05) is 31.0 Å². The summed E-state index contributed by atoms with van der Waals surface area (Å²) in [6.45, 7) is 0.701. The van der Waals surface area contributed by atoms with Gasteiger partial charge in [0.25, 0.3) is 5.91 Å². The van der Waals surface area contributed by atoms with E-state index in [1.54, 1.807) is 29.2 Å². The number of methoxy groups -OCH3 is 2. The highest BCUT2D eigenvalue weighted by atomic mass is 79.9. The first-order valence-corrected chi connectivity index (χ1v) is 8.96. The summed E-state index contributed by atoms with van der Waals surface area (Å²) in [5.74, 6) is 0.742. The zero-order chi connectivity index (χ0) is 18.7. The lowest BCUT2D eigenvalue weighted by molar-refractivity contribution is -0.117. The normalized spacial score (nSPS) is 13.7. The number of hydrogen-bond acceptors (Lipinski definition) is 4. The molecule has 26 heavy (non-hydrogen) atoms. The van der Waals surface area contributed by atoms with E-state index in [0.29, 0.717) is 40.2 Å². The predicted molar refractivity (Wildman–Crippen MR) is 103 cm³/mol. The average molecular weight is 419 g/mol. The van der Waals surface area contributed by atoms with Crippen LogP contribution >= 0.6 is 15.9 Å². The van der Waals surface area contributed by atoms with Crippen molar-refractivity contribution in [3.8, 4) is 11.5 Å².